The van der Waals surface area contributed by atoms with E-state index >= 15 is 0 Å². The van der Waals surface area contributed by atoms with Gasteiger partial charge in [-0.2, -0.15) is 0 Å². The van der Waals surface area contributed by atoms with Crippen LogP contribution in [0.4, 0.5) is 0 Å². The van der Waals surface area contributed by atoms with Gasteiger partial charge < -0.3 is 19.9 Å². The van der Waals surface area contributed by atoms with Crippen molar-refractivity contribution in [3.63, 3.8) is 0 Å². The lowest BCUT2D eigenvalue weighted by molar-refractivity contribution is -0.137. The van der Waals surface area contributed by atoms with E-state index in [0.29, 0.717) is 23.5 Å². The molecule has 0 spiro atoms. The predicted octanol–water partition coefficient (Wildman–Crippen LogP) is 3.53. The van der Waals surface area contributed by atoms with Crippen LogP contribution >= 0.6 is 0 Å². The molecule has 6 heteroatoms. The molecule has 0 radical (unpaired) electrons. The van der Waals surface area contributed by atoms with Gasteiger partial charge in [-0.05, 0) is 29.7 Å². The molecule has 2 N–H and O–H groups in total. The molecule has 0 aromatic heterocycles. The molecule has 2 atom stereocenters. The van der Waals surface area contributed by atoms with E-state index in [9.17, 15) is 14.7 Å². The van der Waals surface area contributed by atoms with Gasteiger partial charge in [-0.15, -0.1) is 0 Å². The Hall–Kier alpha value is -3.02. The monoisotopic (exact) mass is 371 g/mol. The number of aliphatic carboxylic acids is 1. The number of carbonyl (C=O) groups is 2. The van der Waals surface area contributed by atoms with E-state index in [-0.39, 0.29) is 18.2 Å². The van der Waals surface area contributed by atoms with Crippen molar-refractivity contribution < 1.29 is 24.2 Å². The first-order valence-electron chi connectivity index (χ1n) is 8.79. The fourth-order valence-electron chi connectivity index (χ4n) is 3.03. The quantitative estimate of drug-likeness (QED) is 0.704. The molecule has 2 aromatic rings. The maximum atomic E-state index is 12.9. The van der Waals surface area contributed by atoms with Gasteiger partial charge in [0.2, 0.25) is 5.91 Å². The van der Waals surface area contributed by atoms with Crippen LogP contribution in [-0.4, -0.2) is 31.2 Å². The lowest BCUT2D eigenvalue weighted by Crippen LogP contribution is -2.34. The van der Waals surface area contributed by atoms with Gasteiger partial charge in [-0.25, -0.2) is 0 Å². The summed E-state index contributed by atoms with van der Waals surface area (Å²) in [4.78, 5) is 24.2. The van der Waals surface area contributed by atoms with Gasteiger partial charge in [-0.1, -0.05) is 43.3 Å². The second kappa shape index (κ2) is 9.62. The first-order chi connectivity index (χ1) is 13.0. The van der Waals surface area contributed by atoms with Crippen molar-refractivity contribution in [2.24, 2.45) is 0 Å². The zero-order chi connectivity index (χ0) is 19.8. The molecule has 1 amide bonds. The van der Waals surface area contributed by atoms with Crippen LogP contribution in [-0.2, 0) is 9.59 Å². The highest BCUT2D eigenvalue weighted by Gasteiger charge is 2.24. The fourth-order valence-corrected chi connectivity index (χ4v) is 3.03. The van der Waals surface area contributed by atoms with E-state index in [1.165, 1.54) is 14.2 Å². The van der Waals surface area contributed by atoms with E-state index in [2.05, 4.69) is 5.32 Å². The highest BCUT2D eigenvalue weighted by atomic mass is 16.5. The minimum atomic E-state index is -0.997. The standard InChI is InChI=1S/C21H25NO5/c1-4-16(14-8-6-5-7-9-14)21(25)22-17(13-20(23)24)15-10-11-18(26-2)19(12-15)27-3/h5-12,16-17H,4,13H2,1-3H3,(H,22,25)(H,23,24). The molecule has 27 heavy (non-hydrogen) atoms. The molecule has 2 unspecified atom stereocenters. The van der Waals surface area contributed by atoms with Crippen LogP contribution in [0.5, 0.6) is 11.5 Å². The van der Waals surface area contributed by atoms with E-state index < -0.39 is 12.0 Å². The number of carboxylic acid groups (broad SMARTS) is 1. The molecular formula is C21H25NO5. The Labute approximate surface area is 159 Å². The smallest absolute Gasteiger partial charge is 0.305 e. The van der Waals surface area contributed by atoms with Gasteiger partial charge in [0.1, 0.15) is 0 Å². The summed E-state index contributed by atoms with van der Waals surface area (Å²) in [7, 11) is 3.04. The van der Waals surface area contributed by atoms with Crippen LogP contribution in [0, 0.1) is 0 Å². The van der Waals surface area contributed by atoms with Crippen LogP contribution < -0.4 is 14.8 Å². The van der Waals surface area contributed by atoms with Crippen molar-refractivity contribution in [2.75, 3.05) is 14.2 Å². The first kappa shape index (κ1) is 20.3. The fraction of sp³-hybridized carbons (Fsp3) is 0.333. The highest BCUT2D eigenvalue weighted by Crippen LogP contribution is 2.31. The third-order valence-electron chi connectivity index (χ3n) is 4.43. The Morgan fingerprint density at radius 2 is 1.67 bits per heavy atom. The average Bonchev–Trinajstić information content (AvgIpc) is 2.68. The topological polar surface area (TPSA) is 84.9 Å². The Kier molecular flexibility index (Phi) is 7.23. The molecule has 0 fully saturated rings. The number of ether oxygens (including phenoxy) is 2. The molecule has 0 saturated carbocycles. The SMILES string of the molecule is CCC(C(=O)NC(CC(=O)O)c1ccc(OC)c(OC)c1)c1ccccc1. The second-order valence-electron chi connectivity index (χ2n) is 6.14. The normalized spacial score (nSPS) is 12.7. The van der Waals surface area contributed by atoms with Crippen molar-refractivity contribution >= 4 is 11.9 Å². The Morgan fingerprint density at radius 1 is 1.00 bits per heavy atom. The molecule has 144 valence electrons. The first-order valence-corrected chi connectivity index (χ1v) is 8.79. The van der Waals surface area contributed by atoms with E-state index in [0.717, 1.165) is 5.56 Å². The number of carbonyl (C=O) groups excluding carboxylic acids is 1. The molecule has 2 rings (SSSR count). The molecule has 0 bridgehead atoms. The Balaban J connectivity index is 2.28. The number of rotatable bonds is 9. The zero-order valence-electron chi connectivity index (χ0n) is 15.8. The number of hydrogen-bond acceptors (Lipinski definition) is 4. The predicted molar refractivity (Wildman–Crippen MR) is 102 cm³/mol. The molecule has 0 aliphatic carbocycles. The summed E-state index contributed by atoms with van der Waals surface area (Å²) in [6.07, 6.45) is 0.383. The van der Waals surface area contributed by atoms with Gasteiger partial charge in [0.15, 0.2) is 11.5 Å². The maximum Gasteiger partial charge on any atom is 0.305 e. The van der Waals surface area contributed by atoms with Gasteiger partial charge in [0, 0.05) is 0 Å². The summed E-state index contributed by atoms with van der Waals surface area (Å²) in [6.45, 7) is 1.93. The summed E-state index contributed by atoms with van der Waals surface area (Å²) in [5, 5.41) is 12.2. The molecule has 0 aliphatic heterocycles. The number of methoxy groups -OCH3 is 2. The molecular weight excluding hydrogens is 346 g/mol. The molecule has 2 aromatic carbocycles. The van der Waals surface area contributed by atoms with Crippen molar-refractivity contribution in [3.05, 3.63) is 59.7 Å². The van der Waals surface area contributed by atoms with Gasteiger partial charge in [-0.3, -0.25) is 9.59 Å². The van der Waals surface area contributed by atoms with Crippen molar-refractivity contribution in [2.45, 2.75) is 31.7 Å². The zero-order valence-corrected chi connectivity index (χ0v) is 15.8. The minimum absolute atomic E-state index is 0.204. The van der Waals surface area contributed by atoms with Crippen LogP contribution in [0.3, 0.4) is 0 Å². The van der Waals surface area contributed by atoms with Crippen molar-refractivity contribution in [1.29, 1.82) is 0 Å². The van der Waals surface area contributed by atoms with Gasteiger partial charge >= 0.3 is 5.97 Å². The second-order valence-corrected chi connectivity index (χ2v) is 6.14. The number of carboxylic acids is 1. The third-order valence-corrected chi connectivity index (χ3v) is 4.43. The summed E-state index contributed by atoms with van der Waals surface area (Å²) < 4.78 is 10.5. The highest BCUT2D eigenvalue weighted by molar-refractivity contribution is 5.84. The van der Waals surface area contributed by atoms with Crippen LogP contribution in [0.25, 0.3) is 0 Å². The molecule has 0 saturated heterocycles. The van der Waals surface area contributed by atoms with Crippen LogP contribution in [0.15, 0.2) is 48.5 Å². The van der Waals surface area contributed by atoms with Gasteiger partial charge in [0.25, 0.3) is 0 Å². The van der Waals surface area contributed by atoms with Crippen molar-refractivity contribution in [1.82, 2.24) is 5.32 Å². The number of nitrogens with one attached hydrogen (secondary N) is 1. The maximum absolute atomic E-state index is 12.9. The third kappa shape index (κ3) is 5.23. The number of benzene rings is 2. The molecule has 0 aliphatic rings. The molecule has 6 nitrogen and oxygen atoms in total. The summed E-state index contributed by atoms with van der Waals surface area (Å²) in [5.74, 6) is -0.526. The van der Waals surface area contributed by atoms with E-state index in [1.807, 2.05) is 37.3 Å². The van der Waals surface area contributed by atoms with E-state index in [1.54, 1.807) is 18.2 Å². The largest absolute Gasteiger partial charge is 0.493 e. The summed E-state index contributed by atoms with van der Waals surface area (Å²) in [5.41, 5.74) is 1.55. The van der Waals surface area contributed by atoms with Crippen LogP contribution in [0.1, 0.15) is 42.9 Å². The summed E-state index contributed by atoms with van der Waals surface area (Å²) >= 11 is 0. The van der Waals surface area contributed by atoms with Crippen LogP contribution in [0.2, 0.25) is 0 Å². The van der Waals surface area contributed by atoms with E-state index in [4.69, 9.17) is 9.47 Å². The van der Waals surface area contributed by atoms with Crippen molar-refractivity contribution in [3.8, 4) is 11.5 Å². The minimum Gasteiger partial charge on any atom is -0.493 e. The lowest BCUT2D eigenvalue weighted by Gasteiger charge is -2.22. The van der Waals surface area contributed by atoms with Gasteiger partial charge in [0.05, 0.1) is 32.6 Å². The Bertz CT molecular complexity index is 775. The lowest BCUT2D eigenvalue weighted by atomic mass is 9.94. The number of hydrogen-bond donors (Lipinski definition) is 2. The average molecular weight is 371 g/mol. The molecule has 0 heterocycles. The summed E-state index contributed by atoms with van der Waals surface area (Å²) in [6, 6.07) is 13.9. The number of amides is 1. The Morgan fingerprint density at radius 3 is 2.22 bits per heavy atom.